The Morgan fingerprint density at radius 1 is 1.05 bits per heavy atom. The van der Waals surface area contributed by atoms with Crippen LogP contribution >= 0.6 is 0 Å². The summed E-state index contributed by atoms with van der Waals surface area (Å²) in [6, 6.07) is 16.3. The number of hydrogen-bond acceptors (Lipinski definition) is 1. The number of anilines is 1. The molecule has 1 amide bonds. The maximum atomic E-state index is 12.8. The van der Waals surface area contributed by atoms with E-state index in [2.05, 4.69) is 30.4 Å². The maximum absolute atomic E-state index is 12.8. The van der Waals surface area contributed by atoms with Crippen molar-refractivity contribution in [3.8, 4) is 0 Å². The van der Waals surface area contributed by atoms with Crippen LogP contribution in [0.3, 0.4) is 0 Å². The van der Waals surface area contributed by atoms with Gasteiger partial charge in [0, 0.05) is 5.69 Å². The van der Waals surface area contributed by atoms with Gasteiger partial charge in [0.15, 0.2) is 0 Å². The average molecular weight is 279 g/mol. The fraction of sp³-hybridized carbons (Fsp3) is 0.316. The summed E-state index contributed by atoms with van der Waals surface area (Å²) >= 11 is 0. The molecule has 21 heavy (non-hydrogen) atoms. The first-order valence-corrected chi connectivity index (χ1v) is 7.56. The lowest BCUT2D eigenvalue weighted by molar-refractivity contribution is -0.124. The molecule has 0 heterocycles. The Balaban J connectivity index is 1.87. The van der Waals surface area contributed by atoms with Crippen molar-refractivity contribution in [1.29, 1.82) is 0 Å². The third-order valence-corrected chi connectivity index (χ3v) is 4.60. The molecular formula is C19H21NO. The molecule has 2 heteroatoms. The van der Waals surface area contributed by atoms with Crippen LogP contribution in [-0.2, 0) is 10.2 Å². The van der Waals surface area contributed by atoms with Gasteiger partial charge < -0.3 is 5.32 Å². The molecule has 0 aliphatic heterocycles. The van der Waals surface area contributed by atoms with E-state index in [1.165, 1.54) is 5.56 Å². The minimum Gasteiger partial charge on any atom is -0.325 e. The van der Waals surface area contributed by atoms with Gasteiger partial charge in [-0.1, -0.05) is 54.4 Å². The first-order chi connectivity index (χ1) is 10.1. The van der Waals surface area contributed by atoms with Crippen molar-refractivity contribution in [3.63, 3.8) is 0 Å². The van der Waals surface area contributed by atoms with Gasteiger partial charge in [-0.2, -0.15) is 0 Å². The molecule has 0 saturated heterocycles. The second-order valence-electron chi connectivity index (χ2n) is 6.07. The highest BCUT2D eigenvalue weighted by Gasteiger charge is 2.45. The van der Waals surface area contributed by atoms with Crippen molar-refractivity contribution in [3.05, 3.63) is 65.2 Å². The normalized spacial score (nSPS) is 16.1. The molecule has 1 aliphatic rings. The number of amides is 1. The molecule has 3 rings (SSSR count). The Bertz CT molecular complexity index is 657. The van der Waals surface area contributed by atoms with Gasteiger partial charge in [0.25, 0.3) is 0 Å². The van der Waals surface area contributed by atoms with Crippen LogP contribution in [0.15, 0.2) is 48.5 Å². The summed E-state index contributed by atoms with van der Waals surface area (Å²) in [5.41, 5.74) is 4.06. The molecule has 2 nitrogen and oxygen atoms in total. The zero-order valence-electron chi connectivity index (χ0n) is 12.6. The van der Waals surface area contributed by atoms with E-state index in [-0.39, 0.29) is 11.3 Å². The smallest absolute Gasteiger partial charge is 0.235 e. The van der Waals surface area contributed by atoms with Gasteiger partial charge in [0.2, 0.25) is 5.91 Å². The Hall–Kier alpha value is -2.09. The minimum absolute atomic E-state index is 0.131. The van der Waals surface area contributed by atoms with Crippen molar-refractivity contribution in [2.75, 3.05) is 5.32 Å². The van der Waals surface area contributed by atoms with E-state index in [1.54, 1.807) is 0 Å². The number of aryl methyl sites for hydroxylation is 2. The Morgan fingerprint density at radius 2 is 1.76 bits per heavy atom. The predicted molar refractivity (Wildman–Crippen MR) is 86.5 cm³/mol. The largest absolute Gasteiger partial charge is 0.325 e. The third-order valence-electron chi connectivity index (χ3n) is 4.60. The van der Waals surface area contributed by atoms with Gasteiger partial charge in [-0.05, 0) is 43.9 Å². The second kappa shape index (κ2) is 5.36. The van der Waals surface area contributed by atoms with Gasteiger partial charge >= 0.3 is 0 Å². The molecule has 1 N–H and O–H groups in total. The zero-order valence-corrected chi connectivity index (χ0v) is 12.6. The van der Waals surface area contributed by atoms with E-state index >= 15 is 0 Å². The predicted octanol–water partition coefficient (Wildman–Crippen LogP) is 4.36. The molecule has 0 radical (unpaired) electrons. The molecule has 2 aromatic rings. The highest BCUT2D eigenvalue weighted by atomic mass is 16.2. The summed E-state index contributed by atoms with van der Waals surface area (Å²) in [5, 5.41) is 3.14. The van der Waals surface area contributed by atoms with E-state index in [0.717, 1.165) is 36.1 Å². The maximum Gasteiger partial charge on any atom is 0.235 e. The molecule has 0 aromatic heterocycles. The number of rotatable bonds is 3. The van der Waals surface area contributed by atoms with E-state index < -0.39 is 0 Å². The first kappa shape index (κ1) is 13.9. The van der Waals surface area contributed by atoms with Crippen LogP contribution in [-0.4, -0.2) is 5.91 Å². The van der Waals surface area contributed by atoms with E-state index in [9.17, 15) is 4.79 Å². The topological polar surface area (TPSA) is 29.1 Å². The molecule has 0 unspecified atom stereocenters. The lowest BCUT2D eigenvalue weighted by Crippen LogP contribution is -2.46. The van der Waals surface area contributed by atoms with E-state index in [1.807, 2.05) is 37.3 Å². The molecule has 0 spiro atoms. The summed E-state index contributed by atoms with van der Waals surface area (Å²) in [6.45, 7) is 4.11. The van der Waals surface area contributed by atoms with Gasteiger partial charge in [-0.3, -0.25) is 4.79 Å². The van der Waals surface area contributed by atoms with Crippen molar-refractivity contribution in [2.24, 2.45) is 0 Å². The van der Waals surface area contributed by atoms with Crippen molar-refractivity contribution < 1.29 is 4.79 Å². The van der Waals surface area contributed by atoms with Crippen molar-refractivity contribution in [2.45, 2.75) is 38.5 Å². The molecule has 2 aromatic carbocycles. The van der Waals surface area contributed by atoms with E-state index in [4.69, 9.17) is 0 Å². The van der Waals surface area contributed by atoms with Crippen LogP contribution in [0.25, 0.3) is 0 Å². The van der Waals surface area contributed by atoms with Gasteiger partial charge in [0.05, 0.1) is 5.41 Å². The summed E-state index contributed by atoms with van der Waals surface area (Å²) < 4.78 is 0. The Labute approximate surface area is 126 Å². The number of benzene rings is 2. The van der Waals surface area contributed by atoms with Crippen LogP contribution in [0.1, 0.15) is 36.0 Å². The zero-order chi connectivity index (χ0) is 14.9. The fourth-order valence-corrected chi connectivity index (χ4v) is 3.13. The summed E-state index contributed by atoms with van der Waals surface area (Å²) in [6.07, 6.45) is 3.00. The van der Waals surface area contributed by atoms with Crippen molar-refractivity contribution >= 4 is 11.6 Å². The molecule has 1 aliphatic carbocycles. The summed E-state index contributed by atoms with van der Waals surface area (Å²) in [5.74, 6) is 0.131. The van der Waals surface area contributed by atoms with Crippen LogP contribution in [0.2, 0.25) is 0 Å². The third kappa shape index (κ3) is 2.46. The number of nitrogens with one attached hydrogen (secondary N) is 1. The van der Waals surface area contributed by atoms with Gasteiger partial charge in [-0.25, -0.2) is 0 Å². The minimum atomic E-state index is -0.335. The van der Waals surface area contributed by atoms with Crippen LogP contribution in [0, 0.1) is 13.8 Å². The SMILES string of the molecule is Cc1ccc(NC(=O)C2(c3ccccc3)CCC2)c(C)c1. The van der Waals surface area contributed by atoms with Crippen LogP contribution in [0.4, 0.5) is 5.69 Å². The average Bonchev–Trinajstić information content (AvgIpc) is 2.42. The second-order valence-corrected chi connectivity index (χ2v) is 6.07. The monoisotopic (exact) mass is 279 g/mol. The molecule has 1 saturated carbocycles. The number of carbonyl (C=O) groups excluding carboxylic acids is 1. The molecular weight excluding hydrogens is 258 g/mol. The molecule has 0 bridgehead atoms. The van der Waals surface area contributed by atoms with Crippen LogP contribution in [0.5, 0.6) is 0 Å². The quantitative estimate of drug-likeness (QED) is 0.888. The van der Waals surface area contributed by atoms with Crippen molar-refractivity contribution in [1.82, 2.24) is 0 Å². The lowest BCUT2D eigenvalue weighted by atomic mass is 9.64. The molecule has 0 atom stereocenters. The highest BCUT2D eigenvalue weighted by Crippen LogP contribution is 2.44. The Kier molecular flexibility index (Phi) is 3.54. The number of hydrogen-bond donors (Lipinski definition) is 1. The van der Waals surface area contributed by atoms with E-state index in [0.29, 0.717) is 0 Å². The highest BCUT2D eigenvalue weighted by molar-refractivity contribution is 6.00. The summed E-state index contributed by atoms with van der Waals surface area (Å²) in [4.78, 5) is 12.8. The van der Waals surface area contributed by atoms with Gasteiger partial charge in [-0.15, -0.1) is 0 Å². The first-order valence-electron chi connectivity index (χ1n) is 7.56. The molecule has 108 valence electrons. The van der Waals surface area contributed by atoms with Crippen LogP contribution < -0.4 is 5.32 Å². The fourth-order valence-electron chi connectivity index (χ4n) is 3.13. The summed E-state index contributed by atoms with van der Waals surface area (Å²) in [7, 11) is 0. The standard InChI is InChI=1S/C19H21NO/c1-14-9-10-17(15(2)13-14)20-18(21)19(11-6-12-19)16-7-4-3-5-8-16/h3-5,7-10,13H,6,11-12H2,1-2H3,(H,20,21). The Morgan fingerprint density at radius 3 is 2.33 bits per heavy atom. The molecule has 1 fully saturated rings. The lowest BCUT2D eigenvalue weighted by Gasteiger charge is -2.40. The number of carbonyl (C=O) groups is 1. The van der Waals surface area contributed by atoms with Gasteiger partial charge in [0.1, 0.15) is 0 Å².